The van der Waals surface area contributed by atoms with Crippen molar-refractivity contribution in [3.8, 4) is 22.3 Å². The Bertz CT molecular complexity index is 2310. The molecule has 0 aliphatic heterocycles. The van der Waals surface area contributed by atoms with Crippen molar-refractivity contribution < 1.29 is 0 Å². The molecule has 2 heteroatoms. The van der Waals surface area contributed by atoms with E-state index in [-0.39, 0.29) is 5.41 Å². The van der Waals surface area contributed by atoms with E-state index in [0.717, 1.165) is 28.2 Å². The van der Waals surface area contributed by atoms with Gasteiger partial charge in [-0.2, -0.15) is 0 Å². The number of nitrogens with zero attached hydrogens (tertiary/aromatic N) is 1. The Hall–Kier alpha value is -5.44. The zero-order valence-electron chi connectivity index (χ0n) is 27.4. The lowest BCUT2D eigenvalue weighted by atomic mass is 9.81. The molecule has 0 radical (unpaired) electrons. The number of fused-ring (bicyclic) bond motifs is 4. The van der Waals surface area contributed by atoms with Crippen molar-refractivity contribution in [3.63, 3.8) is 0 Å². The summed E-state index contributed by atoms with van der Waals surface area (Å²) in [6, 6.07) is 42.0. The predicted molar refractivity (Wildman–Crippen MR) is 210 cm³/mol. The van der Waals surface area contributed by atoms with E-state index >= 15 is 0 Å². The van der Waals surface area contributed by atoms with E-state index in [0.29, 0.717) is 0 Å². The van der Waals surface area contributed by atoms with Gasteiger partial charge in [0.25, 0.3) is 0 Å². The third-order valence-corrected chi connectivity index (χ3v) is 11.1. The number of anilines is 2. The van der Waals surface area contributed by atoms with E-state index in [9.17, 15) is 0 Å². The van der Waals surface area contributed by atoms with Gasteiger partial charge < -0.3 is 4.90 Å². The molecule has 232 valence electrons. The minimum absolute atomic E-state index is 0.149. The SMILES string of the molecule is C=Cc1sc2c(-c3ccc(N(C4=CCC=C(c5ccccc5)C=C4)c4cccc5c4C(C)(C)c4ccccc4-5)cc3)cccc2c1C=C. The molecule has 1 aromatic heterocycles. The maximum Gasteiger partial charge on any atom is 0.0508 e. The summed E-state index contributed by atoms with van der Waals surface area (Å²) in [5, 5.41) is 1.23. The van der Waals surface area contributed by atoms with E-state index < -0.39 is 0 Å². The molecule has 0 N–H and O–H groups in total. The summed E-state index contributed by atoms with van der Waals surface area (Å²) in [5.74, 6) is 0. The summed E-state index contributed by atoms with van der Waals surface area (Å²) in [6.07, 6.45) is 14.0. The molecule has 2 aliphatic rings. The van der Waals surface area contributed by atoms with Crippen LogP contribution in [0.15, 0.2) is 158 Å². The smallest absolute Gasteiger partial charge is 0.0508 e. The van der Waals surface area contributed by atoms with Crippen molar-refractivity contribution in [2.45, 2.75) is 25.7 Å². The van der Waals surface area contributed by atoms with Crippen LogP contribution in [0.2, 0.25) is 0 Å². The van der Waals surface area contributed by atoms with Crippen molar-refractivity contribution in [1.29, 1.82) is 0 Å². The molecule has 0 fully saturated rings. The van der Waals surface area contributed by atoms with Gasteiger partial charge in [0, 0.05) is 31.8 Å². The molecule has 5 aromatic carbocycles. The fraction of sp³-hybridized carbons (Fsp3) is 0.0870. The van der Waals surface area contributed by atoms with Gasteiger partial charge in [-0.3, -0.25) is 0 Å². The average molecular weight is 636 g/mol. The van der Waals surface area contributed by atoms with E-state index in [1.54, 1.807) is 11.3 Å². The molecule has 0 bridgehead atoms. The molecule has 1 nitrogen and oxygen atoms in total. The number of thiophene rings is 1. The largest absolute Gasteiger partial charge is 0.310 e. The zero-order chi connectivity index (χ0) is 32.8. The molecule has 0 saturated heterocycles. The van der Waals surface area contributed by atoms with E-state index in [4.69, 9.17) is 0 Å². The fourth-order valence-electron chi connectivity index (χ4n) is 7.60. The van der Waals surface area contributed by atoms with Crippen LogP contribution in [0.1, 0.15) is 47.4 Å². The van der Waals surface area contributed by atoms with Gasteiger partial charge in [0.15, 0.2) is 0 Å². The monoisotopic (exact) mass is 635 g/mol. The maximum atomic E-state index is 4.08. The lowest BCUT2D eigenvalue weighted by Gasteiger charge is -2.33. The minimum atomic E-state index is -0.149. The summed E-state index contributed by atoms with van der Waals surface area (Å²) in [7, 11) is 0. The molecule has 0 atom stereocenters. The number of hydrogen-bond donors (Lipinski definition) is 0. The van der Waals surface area contributed by atoms with Crippen molar-refractivity contribution in [1.82, 2.24) is 0 Å². The normalized spacial score (nSPS) is 14.5. The highest BCUT2D eigenvalue weighted by Crippen LogP contribution is 2.53. The molecule has 1 heterocycles. The fourth-order valence-corrected chi connectivity index (χ4v) is 8.79. The van der Waals surface area contributed by atoms with E-state index in [1.165, 1.54) is 60.3 Å². The van der Waals surface area contributed by atoms with Gasteiger partial charge in [0.2, 0.25) is 0 Å². The lowest BCUT2D eigenvalue weighted by molar-refractivity contribution is 0.660. The van der Waals surface area contributed by atoms with Crippen LogP contribution in [-0.4, -0.2) is 0 Å². The molecule has 0 unspecified atom stereocenters. The number of rotatable bonds is 7. The average Bonchev–Trinajstić information content (AvgIpc) is 3.49. The van der Waals surface area contributed by atoms with Crippen LogP contribution in [-0.2, 0) is 5.41 Å². The molecule has 2 aliphatic carbocycles. The number of benzene rings is 5. The molecule has 8 rings (SSSR count). The van der Waals surface area contributed by atoms with Crippen LogP contribution >= 0.6 is 11.3 Å². The van der Waals surface area contributed by atoms with Gasteiger partial charge in [-0.25, -0.2) is 0 Å². The summed E-state index contributed by atoms with van der Waals surface area (Å²) in [6.45, 7) is 12.9. The van der Waals surface area contributed by atoms with Crippen molar-refractivity contribution >= 4 is 50.5 Å². The zero-order valence-corrected chi connectivity index (χ0v) is 28.2. The van der Waals surface area contributed by atoms with Gasteiger partial charge in [-0.15, -0.1) is 11.3 Å². The van der Waals surface area contributed by atoms with Gasteiger partial charge in [0.1, 0.15) is 0 Å². The number of allylic oxidation sites excluding steroid dienone is 5. The molecular weight excluding hydrogens is 599 g/mol. The molecule has 0 saturated carbocycles. The Labute approximate surface area is 287 Å². The van der Waals surface area contributed by atoms with Crippen molar-refractivity contribution in [3.05, 3.63) is 186 Å². The molecular formula is C46H37NS. The molecule has 48 heavy (non-hydrogen) atoms. The Balaban J connectivity index is 1.27. The van der Waals surface area contributed by atoms with Crippen LogP contribution in [0.25, 0.3) is 50.1 Å². The van der Waals surface area contributed by atoms with Crippen LogP contribution in [0.5, 0.6) is 0 Å². The first-order valence-electron chi connectivity index (χ1n) is 16.6. The molecule has 0 amide bonds. The van der Waals surface area contributed by atoms with Gasteiger partial charge in [0.05, 0.1) is 5.69 Å². The second kappa shape index (κ2) is 12.0. The van der Waals surface area contributed by atoms with Gasteiger partial charge >= 0.3 is 0 Å². The first kappa shape index (κ1) is 29.9. The second-order valence-electron chi connectivity index (χ2n) is 12.9. The topological polar surface area (TPSA) is 3.24 Å². The first-order chi connectivity index (χ1) is 23.5. The Morgan fingerprint density at radius 1 is 0.667 bits per heavy atom. The van der Waals surface area contributed by atoms with E-state index in [2.05, 4.69) is 171 Å². The van der Waals surface area contributed by atoms with Crippen molar-refractivity contribution in [2.75, 3.05) is 4.90 Å². The number of hydrogen-bond acceptors (Lipinski definition) is 2. The summed E-state index contributed by atoms with van der Waals surface area (Å²) in [5.41, 5.74) is 14.8. The Morgan fingerprint density at radius 2 is 1.40 bits per heavy atom. The van der Waals surface area contributed by atoms with Gasteiger partial charge in [-0.1, -0.05) is 154 Å². The highest BCUT2D eigenvalue weighted by Gasteiger charge is 2.38. The van der Waals surface area contributed by atoms with Crippen molar-refractivity contribution in [2.24, 2.45) is 0 Å². The van der Waals surface area contributed by atoms with Gasteiger partial charge in [-0.05, 0) is 80.8 Å². The second-order valence-corrected chi connectivity index (χ2v) is 14.0. The lowest BCUT2D eigenvalue weighted by Crippen LogP contribution is -2.22. The molecule has 0 spiro atoms. The third-order valence-electron chi connectivity index (χ3n) is 9.87. The first-order valence-corrected chi connectivity index (χ1v) is 17.4. The molecule has 6 aromatic rings. The summed E-state index contributed by atoms with van der Waals surface area (Å²) < 4.78 is 1.27. The predicted octanol–water partition coefficient (Wildman–Crippen LogP) is 13.2. The Kier molecular flexibility index (Phi) is 7.47. The minimum Gasteiger partial charge on any atom is -0.310 e. The van der Waals surface area contributed by atoms with Crippen LogP contribution in [0.4, 0.5) is 11.4 Å². The highest BCUT2D eigenvalue weighted by molar-refractivity contribution is 7.20. The third kappa shape index (κ3) is 4.84. The maximum absolute atomic E-state index is 4.08. The van der Waals surface area contributed by atoms with E-state index in [1.807, 2.05) is 12.2 Å². The standard InChI is InChI=1S/C46H37NS/c1-5-36-40-22-13-20-37(45(40)48-43(36)6-2)33-26-29-35(30-27-33)47(34-18-12-17-32(25-28-34)31-15-8-7-9-16-31)42-24-14-21-39-38-19-10-11-23-41(38)46(3,4)44(39)42/h5-11,13-30H,1-2,12H2,3-4H3. The van der Waals surface area contributed by atoms with Crippen LogP contribution in [0, 0.1) is 0 Å². The highest BCUT2D eigenvalue weighted by atomic mass is 32.1. The van der Waals surface area contributed by atoms with Crippen LogP contribution < -0.4 is 4.90 Å². The summed E-state index contributed by atoms with van der Waals surface area (Å²) in [4.78, 5) is 3.62. The quantitative estimate of drug-likeness (QED) is 0.169. The van der Waals surface area contributed by atoms with Crippen LogP contribution in [0.3, 0.4) is 0 Å². The summed E-state index contributed by atoms with van der Waals surface area (Å²) >= 11 is 1.78. The Morgan fingerprint density at radius 3 is 2.19 bits per heavy atom.